The molecule has 3 heteroatoms. The molecule has 1 aliphatic carbocycles. The second-order valence-electron chi connectivity index (χ2n) is 6.65. The van der Waals surface area contributed by atoms with Crippen LogP contribution < -0.4 is 5.73 Å². The second kappa shape index (κ2) is 5.35. The average molecular weight is 247 g/mol. The van der Waals surface area contributed by atoms with Crippen LogP contribution in [0, 0.1) is 17.3 Å². The number of rotatable bonds is 2. The number of hydrogen-bond donors (Lipinski definition) is 1. The lowest BCUT2D eigenvalue weighted by molar-refractivity contribution is 0.133. The van der Waals surface area contributed by atoms with Crippen LogP contribution in [0.4, 0.5) is 0 Å². The Morgan fingerprint density at radius 2 is 1.89 bits per heavy atom. The number of nitrogens with zero attached hydrogens (tertiary/aromatic N) is 2. The summed E-state index contributed by atoms with van der Waals surface area (Å²) < 4.78 is 0. The molecule has 2 rings (SSSR count). The quantitative estimate of drug-likeness (QED) is 0.874. The summed E-state index contributed by atoms with van der Waals surface area (Å²) in [6, 6.07) is 0. The van der Waals surface area contributed by atoms with Gasteiger partial charge in [0.1, 0.15) is 6.33 Å². The van der Waals surface area contributed by atoms with E-state index in [9.17, 15) is 0 Å². The first kappa shape index (κ1) is 13.5. The molecule has 18 heavy (non-hydrogen) atoms. The van der Waals surface area contributed by atoms with E-state index in [1.807, 2.05) is 12.4 Å². The van der Waals surface area contributed by atoms with Gasteiger partial charge < -0.3 is 5.73 Å². The molecule has 3 nitrogen and oxygen atoms in total. The number of hydrogen-bond acceptors (Lipinski definition) is 3. The van der Waals surface area contributed by atoms with E-state index in [1.54, 1.807) is 6.33 Å². The molecule has 0 bridgehead atoms. The summed E-state index contributed by atoms with van der Waals surface area (Å²) in [5, 5.41) is 0. The third-order valence-corrected chi connectivity index (χ3v) is 4.53. The van der Waals surface area contributed by atoms with Gasteiger partial charge in [0.15, 0.2) is 0 Å². The van der Waals surface area contributed by atoms with Gasteiger partial charge in [0.2, 0.25) is 0 Å². The Labute approximate surface area is 110 Å². The molecule has 0 aliphatic heterocycles. The minimum atomic E-state index is 0.382. The molecule has 3 unspecified atom stereocenters. The van der Waals surface area contributed by atoms with E-state index < -0.39 is 0 Å². The van der Waals surface area contributed by atoms with Crippen LogP contribution in [-0.2, 0) is 0 Å². The van der Waals surface area contributed by atoms with Crippen molar-refractivity contribution in [2.24, 2.45) is 23.0 Å². The van der Waals surface area contributed by atoms with Crippen molar-refractivity contribution in [3.8, 4) is 0 Å². The van der Waals surface area contributed by atoms with E-state index >= 15 is 0 Å². The molecular weight excluding hydrogens is 222 g/mol. The molecule has 0 spiro atoms. The molecule has 3 atom stereocenters. The predicted molar refractivity (Wildman–Crippen MR) is 74.1 cm³/mol. The lowest BCUT2D eigenvalue weighted by Crippen LogP contribution is -2.34. The monoisotopic (exact) mass is 247 g/mol. The zero-order chi connectivity index (χ0) is 13.2. The highest BCUT2D eigenvalue weighted by atomic mass is 14.8. The minimum Gasteiger partial charge on any atom is -0.330 e. The topological polar surface area (TPSA) is 51.8 Å². The van der Waals surface area contributed by atoms with Crippen molar-refractivity contribution >= 4 is 0 Å². The van der Waals surface area contributed by atoms with Gasteiger partial charge in [-0.15, -0.1) is 0 Å². The van der Waals surface area contributed by atoms with E-state index in [0.717, 1.165) is 12.5 Å². The Bertz CT molecular complexity index is 369. The molecule has 1 aliphatic rings. The van der Waals surface area contributed by atoms with Gasteiger partial charge in [0.05, 0.1) is 0 Å². The summed E-state index contributed by atoms with van der Waals surface area (Å²) in [5.41, 5.74) is 7.59. The van der Waals surface area contributed by atoms with Crippen LogP contribution in [0.5, 0.6) is 0 Å². The van der Waals surface area contributed by atoms with Crippen LogP contribution in [0.15, 0.2) is 18.7 Å². The maximum Gasteiger partial charge on any atom is 0.115 e. The largest absolute Gasteiger partial charge is 0.330 e. The van der Waals surface area contributed by atoms with Crippen molar-refractivity contribution in [2.45, 2.75) is 46.0 Å². The predicted octanol–water partition coefficient (Wildman–Crippen LogP) is 2.98. The van der Waals surface area contributed by atoms with Crippen LogP contribution >= 0.6 is 0 Å². The highest BCUT2D eigenvalue weighted by Crippen LogP contribution is 2.46. The Hall–Kier alpha value is -0.960. The fraction of sp³-hybridized carbons (Fsp3) is 0.733. The molecule has 1 heterocycles. The van der Waals surface area contributed by atoms with E-state index in [4.69, 9.17) is 5.73 Å². The molecule has 0 aromatic carbocycles. The molecule has 1 aromatic heterocycles. The van der Waals surface area contributed by atoms with Gasteiger partial charge in [0, 0.05) is 12.4 Å². The summed E-state index contributed by atoms with van der Waals surface area (Å²) in [6.45, 7) is 7.81. The lowest BCUT2D eigenvalue weighted by atomic mass is 9.64. The summed E-state index contributed by atoms with van der Waals surface area (Å²) in [6.07, 6.45) is 9.29. The first-order chi connectivity index (χ1) is 8.52. The first-order valence-electron chi connectivity index (χ1n) is 6.97. The average Bonchev–Trinajstić information content (AvgIpc) is 2.38. The maximum absolute atomic E-state index is 5.94. The van der Waals surface area contributed by atoms with E-state index in [0.29, 0.717) is 17.3 Å². The number of nitrogens with two attached hydrogens (primary N) is 1. The second-order valence-corrected chi connectivity index (χ2v) is 6.65. The van der Waals surface area contributed by atoms with Crippen molar-refractivity contribution in [3.63, 3.8) is 0 Å². The Kier molecular flexibility index (Phi) is 4.00. The van der Waals surface area contributed by atoms with Crippen LogP contribution in [0.1, 0.15) is 51.5 Å². The van der Waals surface area contributed by atoms with Crippen LogP contribution in [-0.4, -0.2) is 16.5 Å². The normalized spacial score (nSPS) is 29.2. The summed E-state index contributed by atoms with van der Waals surface area (Å²) >= 11 is 0. The fourth-order valence-electron chi connectivity index (χ4n) is 3.21. The van der Waals surface area contributed by atoms with Crippen molar-refractivity contribution in [1.29, 1.82) is 0 Å². The zero-order valence-corrected chi connectivity index (χ0v) is 11.8. The van der Waals surface area contributed by atoms with Crippen LogP contribution in [0.2, 0.25) is 0 Å². The van der Waals surface area contributed by atoms with Gasteiger partial charge in [-0.3, -0.25) is 0 Å². The van der Waals surface area contributed by atoms with E-state index in [-0.39, 0.29) is 0 Å². The fourth-order valence-corrected chi connectivity index (χ4v) is 3.21. The maximum atomic E-state index is 5.94. The van der Waals surface area contributed by atoms with E-state index in [2.05, 4.69) is 30.7 Å². The van der Waals surface area contributed by atoms with Crippen molar-refractivity contribution in [3.05, 3.63) is 24.3 Å². The molecule has 100 valence electrons. The molecule has 0 saturated heterocycles. The standard InChI is InChI=1S/C15H25N3/c1-15(2,3)13-5-4-11(7-16)14(6-13)12-8-17-10-18-9-12/h8-11,13-14H,4-7,16H2,1-3H3. The SMILES string of the molecule is CC(C)(C)C1CCC(CN)C(c2cncnc2)C1. The Morgan fingerprint density at radius 3 is 2.44 bits per heavy atom. The highest BCUT2D eigenvalue weighted by Gasteiger charge is 2.36. The summed E-state index contributed by atoms with van der Waals surface area (Å²) in [7, 11) is 0. The molecule has 1 saturated carbocycles. The Morgan fingerprint density at radius 1 is 1.22 bits per heavy atom. The first-order valence-corrected chi connectivity index (χ1v) is 6.97. The van der Waals surface area contributed by atoms with Gasteiger partial charge in [-0.1, -0.05) is 20.8 Å². The molecule has 1 aromatic rings. The molecule has 0 amide bonds. The van der Waals surface area contributed by atoms with Gasteiger partial charge in [-0.05, 0) is 54.5 Å². The van der Waals surface area contributed by atoms with Gasteiger partial charge >= 0.3 is 0 Å². The molecule has 0 radical (unpaired) electrons. The summed E-state index contributed by atoms with van der Waals surface area (Å²) in [5.74, 6) is 1.90. The van der Waals surface area contributed by atoms with Gasteiger partial charge in [-0.2, -0.15) is 0 Å². The lowest BCUT2D eigenvalue weighted by Gasteiger charge is -2.41. The third-order valence-electron chi connectivity index (χ3n) is 4.53. The molecular formula is C15H25N3. The molecule has 2 N–H and O–H groups in total. The van der Waals surface area contributed by atoms with Crippen LogP contribution in [0.3, 0.4) is 0 Å². The van der Waals surface area contributed by atoms with Crippen molar-refractivity contribution in [1.82, 2.24) is 9.97 Å². The number of aromatic nitrogens is 2. The third kappa shape index (κ3) is 2.89. The van der Waals surface area contributed by atoms with Crippen molar-refractivity contribution < 1.29 is 0 Å². The van der Waals surface area contributed by atoms with Gasteiger partial charge in [-0.25, -0.2) is 9.97 Å². The van der Waals surface area contributed by atoms with Crippen molar-refractivity contribution in [2.75, 3.05) is 6.54 Å². The smallest absolute Gasteiger partial charge is 0.115 e. The van der Waals surface area contributed by atoms with Gasteiger partial charge in [0.25, 0.3) is 0 Å². The van der Waals surface area contributed by atoms with E-state index in [1.165, 1.54) is 24.8 Å². The van der Waals surface area contributed by atoms with Crippen LogP contribution in [0.25, 0.3) is 0 Å². The summed E-state index contributed by atoms with van der Waals surface area (Å²) in [4.78, 5) is 8.33. The zero-order valence-electron chi connectivity index (χ0n) is 11.8. The highest BCUT2D eigenvalue weighted by molar-refractivity contribution is 5.14. The minimum absolute atomic E-state index is 0.382. The molecule has 1 fully saturated rings. The Balaban J connectivity index is 2.19.